The molecule has 1 aliphatic rings. The van der Waals surface area contributed by atoms with E-state index in [1.807, 2.05) is 0 Å². The van der Waals surface area contributed by atoms with Crippen molar-refractivity contribution in [1.82, 2.24) is 20.4 Å². The fourth-order valence-electron chi connectivity index (χ4n) is 3.68. The number of hydrogen-bond donors (Lipinski definition) is 2. The van der Waals surface area contributed by atoms with Crippen LogP contribution in [0.5, 0.6) is 5.75 Å². The van der Waals surface area contributed by atoms with Gasteiger partial charge in [-0.25, -0.2) is 0 Å². The molecule has 196 valence electrons. The second-order valence-electron chi connectivity index (χ2n) is 8.04. The third kappa shape index (κ3) is 6.43. The number of morpholine rings is 1. The fraction of sp³-hybridized carbons (Fsp3) is 0.333. The number of halogens is 3. The Morgan fingerprint density at radius 2 is 1.95 bits per heavy atom. The molecule has 0 radical (unpaired) electrons. The van der Waals surface area contributed by atoms with Crippen molar-refractivity contribution < 1.29 is 41.9 Å². The molecule has 0 aliphatic carbocycles. The van der Waals surface area contributed by atoms with Crippen LogP contribution in [0.1, 0.15) is 26.6 Å². The van der Waals surface area contributed by atoms with Crippen molar-refractivity contribution in [2.75, 3.05) is 39.5 Å². The number of rotatable bonds is 8. The van der Waals surface area contributed by atoms with Crippen LogP contribution < -0.4 is 10.1 Å². The molecule has 1 fully saturated rings. The normalized spacial score (nSPS) is 15.9. The lowest BCUT2D eigenvalue weighted by atomic mass is 10.1. The highest BCUT2D eigenvalue weighted by Gasteiger charge is 2.38. The molecule has 3 aromatic rings. The molecule has 2 N–H and O–H groups in total. The third-order valence-electron chi connectivity index (χ3n) is 5.50. The second-order valence-corrected chi connectivity index (χ2v) is 8.04. The molecular weight excluding hydrogens is 497 g/mol. The standard InChI is InChI=1S/C24H23F3N4O6/c25-24(26,27)23-29-20(30-37-23)15-4-6-16(7-5-15)21(33)28-13-18-14-35-10-8-31(18)22(34)17-2-1-3-19(12-17)36-11-9-32/h1-7,12,18,32H,8-11,13-14H2,(H,28,33)/t18-/m0/s1. The molecular formula is C24H23F3N4O6. The number of ether oxygens (including phenoxy) is 2. The highest BCUT2D eigenvalue weighted by atomic mass is 19.4. The largest absolute Gasteiger partial charge is 0.491 e. The van der Waals surface area contributed by atoms with Crippen LogP contribution >= 0.6 is 0 Å². The van der Waals surface area contributed by atoms with Gasteiger partial charge in [-0.2, -0.15) is 18.2 Å². The van der Waals surface area contributed by atoms with E-state index >= 15 is 0 Å². The van der Waals surface area contributed by atoms with Crippen LogP contribution in [0.25, 0.3) is 11.4 Å². The summed E-state index contributed by atoms with van der Waals surface area (Å²) in [5.74, 6) is -1.94. The zero-order valence-electron chi connectivity index (χ0n) is 19.4. The smallest absolute Gasteiger partial charge is 0.471 e. The van der Waals surface area contributed by atoms with Crippen LogP contribution in [-0.2, 0) is 10.9 Å². The maximum Gasteiger partial charge on any atom is 0.471 e. The maximum atomic E-state index is 13.1. The minimum absolute atomic E-state index is 0.106. The summed E-state index contributed by atoms with van der Waals surface area (Å²) in [4.78, 5) is 30.8. The molecule has 1 aliphatic heterocycles. The number of benzene rings is 2. The lowest BCUT2D eigenvalue weighted by molar-refractivity contribution is -0.159. The fourth-order valence-corrected chi connectivity index (χ4v) is 3.68. The Hall–Kier alpha value is -3.97. The van der Waals surface area contributed by atoms with Gasteiger partial charge in [0.25, 0.3) is 11.8 Å². The van der Waals surface area contributed by atoms with Gasteiger partial charge < -0.3 is 29.3 Å². The molecule has 1 atom stereocenters. The van der Waals surface area contributed by atoms with Gasteiger partial charge in [-0.1, -0.05) is 23.4 Å². The number of carbonyl (C=O) groups is 2. The zero-order chi connectivity index (χ0) is 26.4. The number of nitrogens with zero attached hydrogens (tertiary/aromatic N) is 3. The topological polar surface area (TPSA) is 127 Å². The van der Waals surface area contributed by atoms with Gasteiger partial charge in [0, 0.05) is 29.8 Å². The van der Waals surface area contributed by atoms with Gasteiger partial charge in [-0.15, -0.1) is 0 Å². The molecule has 2 amide bonds. The number of nitrogens with one attached hydrogen (secondary N) is 1. The molecule has 2 heterocycles. The van der Waals surface area contributed by atoms with Crippen LogP contribution in [0.3, 0.4) is 0 Å². The minimum atomic E-state index is -4.75. The lowest BCUT2D eigenvalue weighted by Gasteiger charge is -2.35. The first-order valence-corrected chi connectivity index (χ1v) is 11.3. The van der Waals surface area contributed by atoms with E-state index in [4.69, 9.17) is 14.6 Å². The van der Waals surface area contributed by atoms with Crippen molar-refractivity contribution >= 4 is 11.8 Å². The minimum Gasteiger partial charge on any atom is -0.491 e. The number of carbonyl (C=O) groups excluding carboxylic acids is 2. The number of amides is 2. The van der Waals surface area contributed by atoms with Crippen LogP contribution in [0.15, 0.2) is 53.1 Å². The number of aliphatic hydroxyl groups excluding tert-OH is 1. The van der Waals surface area contributed by atoms with Crippen molar-refractivity contribution in [3.8, 4) is 17.1 Å². The van der Waals surface area contributed by atoms with Crippen molar-refractivity contribution in [1.29, 1.82) is 0 Å². The first kappa shape index (κ1) is 26.1. The summed E-state index contributed by atoms with van der Waals surface area (Å²) in [6, 6.07) is 11.8. The molecule has 1 saturated heterocycles. The van der Waals surface area contributed by atoms with Crippen LogP contribution in [0.4, 0.5) is 13.2 Å². The van der Waals surface area contributed by atoms with E-state index in [1.54, 1.807) is 29.2 Å². The molecule has 2 aromatic carbocycles. The van der Waals surface area contributed by atoms with E-state index in [2.05, 4.69) is 20.0 Å². The first-order chi connectivity index (χ1) is 17.8. The Labute approximate surface area is 209 Å². The Morgan fingerprint density at radius 1 is 1.16 bits per heavy atom. The van der Waals surface area contributed by atoms with Crippen LogP contribution in [0, 0.1) is 0 Å². The van der Waals surface area contributed by atoms with Crippen molar-refractivity contribution in [2.24, 2.45) is 0 Å². The predicted octanol–water partition coefficient (Wildman–Crippen LogP) is 2.40. The quantitative estimate of drug-likeness (QED) is 0.464. The summed E-state index contributed by atoms with van der Waals surface area (Å²) in [6.07, 6.45) is -4.75. The zero-order valence-corrected chi connectivity index (χ0v) is 19.4. The third-order valence-corrected chi connectivity index (χ3v) is 5.50. The number of aromatic nitrogens is 2. The highest BCUT2D eigenvalue weighted by Crippen LogP contribution is 2.29. The van der Waals surface area contributed by atoms with E-state index in [9.17, 15) is 22.8 Å². The lowest BCUT2D eigenvalue weighted by Crippen LogP contribution is -2.53. The molecule has 1 aromatic heterocycles. The summed E-state index contributed by atoms with van der Waals surface area (Å²) in [7, 11) is 0. The van der Waals surface area contributed by atoms with E-state index in [0.717, 1.165) is 0 Å². The van der Waals surface area contributed by atoms with Crippen molar-refractivity contribution in [3.63, 3.8) is 0 Å². The molecule has 0 saturated carbocycles. The Balaban J connectivity index is 1.38. The molecule has 37 heavy (non-hydrogen) atoms. The molecule has 0 unspecified atom stereocenters. The Bertz CT molecular complexity index is 1230. The molecule has 13 heteroatoms. The van der Waals surface area contributed by atoms with E-state index in [1.165, 1.54) is 24.3 Å². The summed E-state index contributed by atoms with van der Waals surface area (Å²) >= 11 is 0. The predicted molar refractivity (Wildman–Crippen MR) is 122 cm³/mol. The van der Waals surface area contributed by atoms with Crippen LogP contribution in [-0.4, -0.2) is 77.5 Å². The number of aliphatic hydroxyl groups is 1. The maximum absolute atomic E-state index is 13.1. The number of hydrogen-bond acceptors (Lipinski definition) is 8. The van der Waals surface area contributed by atoms with Gasteiger partial charge in [0.1, 0.15) is 12.4 Å². The average Bonchev–Trinajstić information content (AvgIpc) is 3.42. The molecule has 0 bridgehead atoms. The van der Waals surface area contributed by atoms with Gasteiger partial charge in [0.15, 0.2) is 0 Å². The molecule has 0 spiro atoms. The van der Waals surface area contributed by atoms with Gasteiger partial charge in [0.05, 0.1) is 25.9 Å². The molecule has 4 rings (SSSR count). The average molecular weight is 520 g/mol. The van der Waals surface area contributed by atoms with Gasteiger partial charge in [0.2, 0.25) is 5.82 Å². The number of alkyl halides is 3. The second kappa shape index (κ2) is 11.4. The highest BCUT2D eigenvalue weighted by molar-refractivity contribution is 5.96. The van der Waals surface area contributed by atoms with E-state index in [-0.39, 0.29) is 49.2 Å². The van der Waals surface area contributed by atoms with Gasteiger partial charge >= 0.3 is 12.1 Å². The van der Waals surface area contributed by atoms with Crippen LogP contribution in [0.2, 0.25) is 0 Å². The van der Waals surface area contributed by atoms with E-state index in [0.29, 0.717) is 24.5 Å². The summed E-state index contributed by atoms with van der Waals surface area (Å²) in [5.41, 5.74) is 0.907. The Morgan fingerprint density at radius 3 is 2.65 bits per heavy atom. The van der Waals surface area contributed by atoms with Gasteiger partial charge in [-0.3, -0.25) is 9.59 Å². The van der Waals surface area contributed by atoms with Crippen molar-refractivity contribution in [3.05, 3.63) is 65.5 Å². The summed E-state index contributed by atoms with van der Waals surface area (Å²) in [5, 5.41) is 15.0. The monoisotopic (exact) mass is 520 g/mol. The SMILES string of the molecule is O=C(NC[C@H]1COCCN1C(=O)c1cccc(OCCO)c1)c1ccc(-c2noc(C(F)(F)F)n2)cc1. The summed E-state index contributed by atoms with van der Waals surface area (Å²) in [6.45, 7) is 0.986. The van der Waals surface area contributed by atoms with E-state index < -0.39 is 24.0 Å². The molecule has 10 nitrogen and oxygen atoms in total. The first-order valence-electron chi connectivity index (χ1n) is 11.3. The van der Waals surface area contributed by atoms with Gasteiger partial charge in [-0.05, 0) is 30.3 Å². The van der Waals surface area contributed by atoms with Crippen molar-refractivity contribution in [2.45, 2.75) is 12.2 Å². The Kier molecular flexibility index (Phi) is 8.04. The summed E-state index contributed by atoms with van der Waals surface area (Å²) < 4.78 is 53.1.